The molecule has 0 aromatic heterocycles. The Hall–Kier alpha value is -1.32. The van der Waals surface area contributed by atoms with Gasteiger partial charge in [-0.2, -0.15) is 0 Å². The van der Waals surface area contributed by atoms with Crippen LogP contribution < -0.4 is 5.32 Å². The number of nitrogens with zero attached hydrogens (tertiary/aromatic N) is 2. The maximum absolute atomic E-state index is 14.1. The summed E-state index contributed by atoms with van der Waals surface area (Å²) in [6.45, 7) is 0.896. The van der Waals surface area contributed by atoms with Crippen molar-refractivity contribution in [1.29, 1.82) is 5.41 Å². The minimum Gasteiger partial charge on any atom is -0.378 e. The molecule has 7 nitrogen and oxygen atoms in total. The van der Waals surface area contributed by atoms with Gasteiger partial charge in [-0.15, -0.1) is 0 Å². The molecule has 0 bridgehead atoms. The monoisotopic (exact) mass is 324 g/mol. The van der Waals surface area contributed by atoms with Crippen LogP contribution in [0.5, 0.6) is 0 Å². The first-order valence-electron chi connectivity index (χ1n) is 6.36. The zero-order chi connectivity index (χ0) is 15.6. The number of hydrogen-bond acceptors (Lipinski definition) is 6. The van der Waals surface area contributed by atoms with Crippen LogP contribution in [0.2, 0.25) is 0 Å². The molecule has 10 heteroatoms. The van der Waals surface area contributed by atoms with Crippen molar-refractivity contribution in [2.24, 2.45) is 0 Å². The molecule has 2 aliphatic heterocycles. The number of likely N-dealkylation sites (tertiary alicyclic amines) is 1. The Morgan fingerprint density at radius 3 is 2.67 bits per heavy atom. The second-order valence-corrected chi connectivity index (χ2v) is 5.39. The van der Waals surface area contributed by atoms with E-state index in [1.165, 1.54) is 0 Å². The quantitative estimate of drug-likeness (QED) is 0.341. The molecule has 2 rings (SSSR count). The van der Waals surface area contributed by atoms with Gasteiger partial charge in [0.1, 0.15) is 0 Å². The smallest absolute Gasteiger partial charge is 0.321 e. The van der Waals surface area contributed by atoms with Crippen molar-refractivity contribution in [3.63, 3.8) is 0 Å². The molecule has 21 heavy (non-hydrogen) atoms. The zero-order valence-corrected chi connectivity index (χ0v) is 11.8. The fourth-order valence-corrected chi connectivity index (χ4v) is 2.57. The SMILES string of the molecule is N=C/C(=C(/Cl)NC1CCN(C2COC2)CC1(F)F)[N+](=O)[O-]. The summed E-state index contributed by atoms with van der Waals surface area (Å²) in [6, 6.07) is -1.28. The van der Waals surface area contributed by atoms with Crippen molar-refractivity contribution >= 4 is 17.8 Å². The van der Waals surface area contributed by atoms with E-state index in [0.717, 1.165) is 0 Å². The molecule has 1 atom stereocenters. The van der Waals surface area contributed by atoms with Gasteiger partial charge in [0, 0.05) is 6.54 Å². The largest absolute Gasteiger partial charge is 0.378 e. The summed E-state index contributed by atoms with van der Waals surface area (Å²) in [5, 5.41) is 19.3. The standard InChI is InChI=1S/C11H15ClF2N4O3/c12-10(8(3-15)18(19)20)16-9-1-2-17(6-11(9,13)14)7-4-21-5-7/h3,7,9,15-16H,1-2,4-6H2/b10-8+,15-3?. The van der Waals surface area contributed by atoms with Crippen LogP contribution in [-0.4, -0.2) is 60.3 Å². The van der Waals surface area contributed by atoms with Crippen LogP contribution in [-0.2, 0) is 4.74 Å². The van der Waals surface area contributed by atoms with Crippen molar-refractivity contribution in [2.45, 2.75) is 24.4 Å². The molecule has 2 saturated heterocycles. The normalized spacial score (nSPS) is 27.5. The van der Waals surface area contributed by atoms with Crippen molar-refractivity contribution in [2.75, 3.05) is 26.3 Å². The maximum atomic E-state index is 14.1. The molecule has 0 aromatic rings. The highest BCUT2D eigenvalue weighted by molar-refractivity contribution is 6.30. The van der Waals surface area contributed by atoms with Gasteiger partial charge >= 0.3 is 5.70 Å². The lowest BCUT2D eigenvalue weighted by atomic mass is 9.98. The number of nitrogens with one attached hydrogen (secondary N) is 2. The van der Waals surface area contributed by atoms with Gasteiger partial charge in [-0.1, -0.05) is 11.6 Å². The minimum absolute atomic E-state index is 0.0127. The van der Waals surface area contributed by atoms with Gasteiger partial charge in [-0.25, -0.2) is 8.78 Å². The number of piperidine rings is 1. The molecule has 1 unspecified atom stereocenters. The highest BCUT2D eigenvalue weighted by Gasteiger charge is 2.47. The molecule has 0 amide bonds. The fraction of sp³-hybridized carbons (Fsp3) is 0.727. The van der Waals surface area contributed by atoms with E-state index in [2.05, 4.69) is 5.32 Å². The average Bonchev–Trinajstić information content (AvgIpc) is 2.30. The highest BCUT2D eigenvalue weighted by atomic mass is 35.5. The van der Waals surface area contributed by atoms with Crippen LogP contribution in [0.15, 0.2) is 10.9 Å². The molecule has 118 valence electrons. The zero-order valence-electron chi connectivity index (χ0n) is 11.0. The number of allylic oxidation sites excluding steroid dienone is 1. The summed E-state index contributed by atoms with van der Waals surface area (Å²) < 4.78 is 33.2. The van der Waals surface area contributed by atoms with Gasteiger partial charge < -0.3 is 15.5 Å². The lowest BCUT2D eigenvalue weighted by molar-refractivity contribution is -0.415. The van der Waals surface area contributed by atoms with E-state index in [1.54, 1.807) is 4.90 Å². The highest BCUT2D eigenvalue weighted by Crippen LogP contribution is 2.31. The van der Waals surface area contributed by atoms with Crippen LogP contribution in [0.4, 0.5) is 8.78 Å². The maximum Gasteiger partial charge on any atom is 0.321 e. The minimum atomic E-state index is -3.07. The Kier molecular flexibility index (Phi) is 4.74. The Bertz CT molecular complexity index is 470. The molecule has 2 fully saturated rings. The Labute approximate surface area is 124 Å². The predicted molar refractivity (Wildman–Crippen MR) is 71.3 cm³/mol. The number of nitro groups is 1. The summed E-state index contributed by atoms with van der Waals surface area (Å²) in [5.41, 5.74) is -0.734. The van der Waals surface area contributed by atoms with Gasteiger partial charge in [0.25, 0.3) is 5.92 Å². The van der Waals surface area contributed by atoms with Gasteiger partial charge in [0.15, 0.2) is 5.16 Å². The third-order valence-corrected chi connectivity index (χ3v) is 3.93. The van der Waals surface area contributed by atoms with Crippen LogP contribution in [0.3, 0.4) is 0 Å². The van der Waals surface area contributed by atoms with Crippen LogP contribution in [0.1, 0.15) is 6.42 Å². The van der Waals surface area contributed by atoms with Crippen LogP contribution in [0, 0.1) is 15.5 Å². The topological polar surface area (TPSA) is 91.5 Å². The van der Waals surface area contributed by atoms with Gasteiger partial charge in [0.05, 0.1) is 43.0 Å². The molecule has 2 aliphatic rings. The second-order valence-electron chi connectivity index (χ2n) is 5.01. The summed E-state index contributed by atoms with van der Waals surface area (Å²) in [4.78, 5) is 11.4. The lowest BCUT2D eigenvalue weighted by Crippen LogP contribution is -2.62. The van der Waals surface area contributed by atoms with Gasteiger partial charge in [0.2, 0.25) is 0 Å². The molecule has 0 radical (unpaired) electrons. The second kappa shape index (κ2) is 6.20. The van der Waals surface area contributed by atoms with E-state index < -0.39 is 34.3 Å². The first kappa shape index (κ1) is 16.1. The van der Waals surface area contributed by atoms with E-state index >= 15 is 0 Å². The number of alkyl halides is 2. The van der Waals surface area contributed by atoms with Crippen LogP contribution >= 0.6 is 11.6 Å². The molecule has 0 saturated carbocycles. The first-order valence-corrected chi connectivity index (χ1v) is 6.73. The van der Waals surface area contributed by atoms with Crippen molar-refractivity contribution in [1.82, 2.24) is 10.2 Å². The molecular formula is C11H15ClF2N4O3. The Morgan fingerprint density at radius 1 is 1.57 bits per heavy atom. The Balaban J connectivity index is 2.04. The summed E-state index contributed by atoms with van der Waals surface area (Å²) in [6.07, 6.45) is 0.525. The fourth-order valence-electron chi connectivity index (χ4n) is 2.31. The lowest BCUT2D eigenvalue weighted by Gasteiger charge is -2.44. The van der Waals surface area contributed by atoms with Crippen molar-refractivity contribution in [3.8, 4) is 0 Å². The number of ether oxygens (including phenoxy) is 1. The van der Waals surface area contributed by atoms with Gasteiger partial charge in [-0.05, 0) is 6.42 Å². The molecule has 0 aromatic carbocycles. The van der Waals surface area contributed by atoms with E-state index in [1.807, 2.05) is 0 Å². The average molecular weight is 325 g/mol. The number of rotatable bonds is 5. The molecular weight excluding hydrogens is 310 g/mol. The van der Waals surface area contributed by atoms with Crippen LogP contribution in [0.25, 0.3) is 0 Å². The molecule has 0 spiro atoms. The summed E-state index contributed by atoms with van der Waals surface area (Å²) >= 11 is 5.65. The third kappa shape index (κ3) is 3.47. The van der Waals surface area contributed by atoms with Crippen molar-refractivity contribution < 1.29 is 18.4 Å². The van der Waals surface area contributed by atoms with Crippen molar-refractivity contribution in [3.05, 3.63) is 21.0 Å². The third-order valence-electron chi connectivity index (χ3n) is 3.62. The predicted octanol–water partition coefficient (Wildman–Crippen LogP) is 1.02. The Morgan fingerprint density at radius 2 is 2.24 bits per heavy atom. The number of halogens is 3. The van der Waals surface area contributed by atoms with E-state index in [9.17, 15) is 18.9 Å². The molecule has 2 heterocycles. The van der Waals surface area contributed by atoms with E-state index in [4.69, 9.17) is 21.7 Å². The van der Waals surface area contributed by atoms with E-state index in [-0.39, 0.29) is 12.5 Å². The summed E-state index contributed by atoms with van der Waals surface area (Å²) in [7, 11) is 0. The summed E-state index contributed by atoms with van der Waals surface area (Å²) in [5.74, 6) is -3.07. The van der Waals surface area contributed by atoms with Gasteiger partial charge in [-0.3, -0.25) is 15.0 Å². The number of hydrogen-bond donors (Lipinski definition) is 2. The first-order chi connectivity index (χ1) is 9.85. The molecule has 0 aliphatic carbocycles. The van der Waals surface area contributed by atoms with E-state index in [0.29, 0.717) is 26.0 Å². The molecule has 2 N–H and O–H groups in total.